The third kappa shape index (κ3) is 83.5. The van der Waals surface area contributed by atoms with E-state index in [0.717, 1.165) is 83.5 Å². The normalized spacial score (nSPS) is 13.4. The van der Waals surface area contributed by atoms with Gasteiger partial charge in [0.15, 0.2) is 6.10 Å². The van der Waals surface area contributed by atoms with Crippen LogP contribution < -0.4 is 5.73 Å². The van der Waals surface area contributed by atoms with Crippen LogP contribution in [0.2, 0.25) is 0 Å². The zero-order valence-electron chi connectivity index (χ0n) is 65.0. The van der Waals surface area contributed by atoms with Gasteiger partial charge in [0.05, 0.1) is 13.2 Å². The molecule has 0 saturated carbocycles. The van der Waals surface area contributed by atoms with Gasteiger partial charge in [0.1, 0.15) is 6.61 Å². The van der Waals surface area contributed by atoms with E-state index in [4.69, 9.17) is 24.3 Å². The molecule has 0 aromatic rings. The number of ether oxygens (including phenoxy) is 2. The summed E-state index contributed by atoms with van der Waals surface area (Å²) in [5.74, 6) is -0.807. The molecule has 0 fully saturated rings. The summed E-state index contributed by atoms with van der Waals surface area (Å²) < 4.78 is 33.3. The van der Waals surface area contributed by atoms with Crippen molar-refractivity contribution in [3.8, 4) is 0 Å². The molecule has 0 bridgehead atoms. The summed E-state index contributed by atoms with van der Waals surface area (Å²) in [6, 6.07) is 0. The molecule has 3 N–H and O–H groups in total. The lowest BCUT2D eigenvalue weighted by atomic mass is 10.0. The van der Waals surface area contributed by atoms with Gasteiger partial charge in [-0.15, -0.1) is 0 Å². The molecule has 0 aliphatic heterocycles. The van der Waals surface area contributed by atoms with Crippen LogP contribution in [-0.4, -0.2) is 49.3 Å². The molecule has 0 heterocycles. The first-order valence-corrected chi connectivity index (χ1v) is 43.9. The molecule has 0 aliphatic rings. The molecule has 10 heteroatoms. The van der Waals surface area contributed by atoms with Crippen molar-refractivity contribution in [3.63, 3.8) is 0 Å². The van der Waals surface area contributed by atoms with Crippen LogP contribution in [0.15, 0.2) is 109 Å². The quantitative estimate of drug-likeness (QED) is 0.0264. The van der Waals surface area contributed by atoms with Gasteiger partial charge in [-0.3, -0.25) is 18.6 Å². The molecule has 0 amide bonds. The van der Waals surface area contributed by atoms with Crippen LogP contribution in [0, 0.1) is 0 Å². The Morgan fingerprint density at radius 1 is 0.313 bits per heavy atom. The van der Waals surface area contributed by atoms with Crippen LogP contribution in [-0.2, 0) is 32.7 Å². The minimum atomic E-state index is -4.40. The van der Waals surface area contributed by atoms with E-state index >= 15 is 0 Å². The molecule has 0 aliphatic carbocycles. The van der Waals surface area contributed by atoms with Gasteiger partial charge in [0, 0.05) is 19.4 Å². The number of phosphoric acid groups is 1. The number of hydrogen-bond acceptors (Lipinski definition) is 8. The lowest BCUT2D eigenvalue weighted by molar-refractivity contribution is -0.161. The highest BCUT2D eigenvalue weighted by atomic mass is 31.2. The molecule has 0 aromatic heterocycles. The maximum absolute atomic E-state index is 12.8. The van der Waals surface area contributed by atoms with Crippen molar-refractivity contribution < 1.29 is 37.6 Å². The second-order valence-corrected chi connectivity index (χ2v) is 29.8. The Bertz CT molecular complexity index is 2000. The van der Waals surface area contributed by atoms with Crippen LogP contribution in [0.5, 0.6) is 0 Å². The van der Waals surface area contributed by atoms with E-state index in [2.05, 4.69) is 123 Å². The van der Waals surface area contributed by atoms with E-state index in [9.17, 15) is 19.0 Å². The first kappa shape index (κ1) is 95.7. The Balaban J connectivity index is 3.76. The van der Waals surface area contributed by atoms with E-state index < -0.39 is 26.5 Å². The van der Waals surface area contributed by atoms with Gasteiger partial charge in [0.25, 0.3) is 0 Å². The predicted octanol–water partition coefficient (Wildman–Crippen LogP) is 28.8. The highest BCUT2D eigenvalue weighted by Crippen LogP contribution is 2.43. The number of allylic oxidation sites excluding steroid dienone is 18. The summed E-state index contributed by atoms with van der Waals surface area (Å²) in [6.45, 7) is 3.68. The molecule has 0 spiro atoms. The zero-order valence-corrected chi connectivity index (χ0v) is 65.9. The van der Waals surface area contributed by atoms with E-state index in [1.165, 1.54) is 295 Å². The lowest BCUT2D eigenvalue weighted by Crippen LogP contribution is -2.29. The minimum absolute atomic E-state index is 0.0535. The summed E-state index contributed by atoms with van der Waals surface area (Å²) >= 11 is 0. The highest BCUT2D eigenvalue weighted by Gasteiger charge is 2.26. The smallest absolute Gasteiger partial charge is 0.462 e. The van der Waals surface area contributed by atoms with Gasteiger partial charge >= 0.3 is 19.8 Å². The molecule has 2 unspecified atom stereocenters. The van der Waals surface area contributed by atoms with E-state index in [0.29, 0.717) is 6.42 Å². The molecular formula is C89H160NO8P. The van der Waals surface area contributed by atoms with Crippen molar-refractivity contribution in [2.45, 2.75) is 418 Å². The summed E-state index contributed by atoms with van der Waals surface area (Å²) in [5, 5.41) is 0. The lowest BCUT2D eigenvalue weighted by Gasteiger charge is -2.19. The van der Waals surface area contributed by atoms with E-state index in [1.807, 2.05) is 0 Å². The molecular weight excluding hydrogens is 1240 g/mol. The Kier molecular flexibility index (Phi) is 80.8. The fraction of sp³-hybridized carbons (Fsp3) is 0.775. The standard InChI is InChI=1S/C89H160NO8P/c1-3-5-7-9-11-13-15-17-19-21-23-25-27-29-31-33-35-37-39-41-42-43-44-46-48-50-52-54-56-58-60-62-64-66-68-70-72-74-76-78-80-82-89(92)98-87(86-97-99(93,94)96-84-83-90)85-95-88(91)81-79-77-75-73-71-69-67-65-63-61-59-57-55-53-51-49-47-45-40-38-36-34-32-30-28-26-24-22-20-18-16-14-12-10-8-6-4-2/h5,7,11,13,16-19,22-25,28-31,35,37,87H,3-4,6,8-10,12,14-15,20-21,26-27,32-34,36,38-86,90H2,1-2H3,(H,93,94)/b7-5-,13-11-,18-16-,19-17-,24-22-,25-23-,30-28-,31-29-,37-35-. The van der Waals surface area contributed by atoms with Crippen molar-refractivity contribution in [2.75, 3.05) is 26.4 Å². The van der Waals surface area contributed by atoms with Gasteiger partial charge in [-0.1, -0.05) is 406 Å². The highest BCUT2D eigenvalue weighted by molar-refractivity contribution is 7.47. The maximum Gasteiger partial charge on any atom is 0.472 e. The minimum Gasteiger partial charge on any atom is -0.462 e. The monoisotopic (exact) mass is 1400 g/mol. The van der Waals surface area contributed by atoms with Crippen LogP contribution in [0.4, 0.5) is 0 Å². The largest absolute Gasteiger partial charge is 0.472 e. The second kappa shape index (κ2) is 83.6. The van der Waals surface area contributed by atoms with Crippen molar-refractivity contribution in [2.24, 2.45) is 5.73 Å². The third-order valence-electron chi connectivity index (χ3n) is 18.6. The molecule has 574 valence electrons. The van der Waals surface area contributed by atoms with Gasteiger partial charge in [0.2, 0.25) is 0 Å². The summed E-state index contributed by atoms with van der Waals surface area (Å²) in [7, 11) is -4.40. The Morgan fingerprint density at radius 3 is 0.828 bits per heavy atom. The number of carbonyl (C=O) groups is 2. The molecule has 0 saturated heterocycles. The third-order valence-corrected chi connectivity index (χ3v) is 19.6. The van der Waals surface area contributed by atoms with Crippen LogP contribution in [0.3, 0.4) is 0 Å². The van der Waals surface area contributed by atoms with Gasteiger partial charge < -0.3 is 20.1 Å². The number of rotatable bonds is 80. The average molecular weight is 1400 g/mol. The number of nitrogens with two attached hydrogens (primary N) is 1. The van der Waals surface area contributed by atoms with Crippen molar-refractivity contribution in [1.29, 1.82) is 0 Å². The van der Waals surface area contributed by atoms with Gasteiger partial charge in [-0.05, 0) is 103 Å². The van der Waals surface area contributed by atoms with E-state index in [-0.39, 0.29) is 38.6 Å². The van der Waals surface area contributed by atoms with Crippen LogP contribution in [0.25, 0.3) is 0 Å². The van der Waals surface area contributed by atoms with Crippen molar-refractivity contribution in [1.82, 2.24) is 0 Å². The first-order valence-electron chi connectivity index (χ1n) is 42.4. The molecule has 0 rings (SSSR count). The SMILES string of the molecule is CC/C=C\C/C=C\C/C=C\C/C=C\C/C=C\C/C=C\CCCCCCCCCCCCCCCCCCCCCCCCC(=O)OC(COC(=O)CCCCCCCCCCCCCCCCCCCCCCCC/C=C\C/C=C\C/C=C\CCCCCCC)COP(=O)(O)OCCN. The van der Waals surface area contributed by atoms with E-state index in [1.54, 1.807) is 0 Å². The van der Waals surface area contributed by atoms with Crippen LogP contribution in [0.1, 0.15) is 412 Å². The summed E-state index contributed by atoms with van der Waals surface area (Å²) in [5.41, 5.74) is 5.42. The van der Waals surface area contributed by atoms with Gasteiger partial charge in [-0.25, -0.2) is 4.57 Å². The molecule has 2 atom stereocenters. The maximum atomic E-state index is 12.8. The number of phosphoric ester groups is 1. The summed E-state index contributed by atoms with van der Waals surface area (Å²) in [4.78, 5) is 35.5. The Labute approximate surface area is 613 Å². The number of carbonyl (C=O) groups excluding carboxylic acids is 2. The van der Waals surface area contributed by atoms with Crippen LogP contribution >= 0.6 is 7.82 Å². The predicted molar refractivity (Wildman–Crippen MR) is 431 cm³/mol. The van der Waals surface area contributed by atoms with Crippen molar-refractivity contribution in [3.05, 3.63) is 109 Å². The van der Waals surface area contributed by atoms with Gasteiger partial charge in [-0.2, -0.15) is 0 Å². The number of unbranched alkanes of at least 4 members (excludes halogenated alkanes) is 49. The van der Waals surface area contributed by atoms with Crippen molar-refractivity contribution >= 4 is 19.8 Å². The fourth-order valence-electron chi connectivity index (χ4n) is 12.4. The second-order valence-electron chi connectivity index (χ2n) is 28.3. The molecule has 9 nitrogen and oxygen atoms in total. The first-order chi connectivity index (χ1) is 48.8. The Hall–Kier alpha value is -3.33. The molecule has 0 radical (unpaired) electrons. The zero-order chi connectivity index (χ0) is 71.5. The Morgan fingerprint density at radius 2 is 0.556 bits per heavy atom. The summed E-state index contributed by atoms with van der Waals surface area (Å²) in [6.07, 6.45) is 117. The molecule has 99 heavy (non-hydrogen) atoms. The topological polar surface area (TPSA) is 134 Å². The molecule has 0 aromatic carbocycles. The fourth-order valence-corrected chi connectivity index (χ4v) is 13.2. The number of esters is 2. The average Bonchev–Trinajstić information content (AvgIpc) is 1.19. The number of hydrogen-bond donors (Lipinski definition) is 2.